The molecule has 178 valence electrons. The number of carbonyl (C=O) groups is 3. The second-order valence-corrected chi connectivity index (χ2v) is 8.73. The van der Waals surface area contributed by atoms with E-state index in [1.54, 1.807) is 19.9 Å². The van der Waals surface area contributed by atoms with Gasteiger partial charge in [0.25, 0.3) is 16.0 Å². The number of methoxy groups -OCH3 is 1. The van der Waals surface area contributed by atoms with Crippen LogP contribution in [-0.2, 0) is 24.5 Å². The van der Waals surface area contributed by atoms with Gasteiger partial charge in [0.15, 0.2) is 5.78 Å². The minimum absolute atomic E-state index is 0.0468. The lowest BCUT2D eigenvalue weighted by atomic mass is 10.1. The predicted molar refractivity (Wildman–Crippen MR) is 118 cm³/mol. The number of amides is 2. The van der Waals surface area contributed by atoms with Gasteiger partial charge in [0.1, 0.15) is 16.3 Å². The molecule has 4 N–H and O–H groups in total. The molecule has 1 atom stereocenters. The number of hydrogen-bond donors (Lipinski definition) is 3. The minimum Gasteiger partial charge on any atom is -0.495 e. The van der Waals surface area contributed by atoms with E-state index in [0.717, 1.165) is 6.07 Å². The molecule has 0 saturated carbocycles. The largest absolute Gasteiger partial charge is 0.495 e. The Morgan fingerprint density at radius 2 is 1.62 bits per heavy atom. The summed E-state index contributed by atoms with van der Waals surface area (Å²) >= 11 is 0. The third-order valence-electron chi connectivity index (χ3n) is 4.80. The number of azo groups is 2. The molecule has 2 aromatic carbocycles. The van der Waals surface area contributed by atoms with Crippen LogP contribution in [0.4, 0.5) is 22.7 Å². The molecular weight excluding hydrogens is 468 g/mol. The van der Waals surface area contributed by atoms with E-state index in [-0.39, 0.29) is 11.4 Å². The second-order valence-electron chi connectivity index (χ2n) is 7.34. The zero-order valence-corrected chi connectivity index (χ0v) is 19.1. The number of anilines is 1. The average Bonchev–Trinajstić information content (AvgIpc) is 2.72. The van der Waals surface area contributed by atoms with Crippen molar-refractivity contribution < 1.29 is 32.1 Å². The number of ketones is 1. The molecule has 1 aliphatic rings. The van der Waals surface area contributed by atoms with Gasteiger partial charge in [-0.05, 0) is 43.2 Å². The maximum Gasteiger partial charge on any atom is 0.296 e. The Morgan fingerprint density at radius 3 is 2.24 bits per heavy atom. The van der Waals surface area contributed by atoms with Crippen LogP contribution < -0.4 is 15.8 Å². The van der Waals surface area contributed by atoms with Crippen molar-refractivity contribution in [1.82, 2.24) is 5.32 Å². The molecule has 13 nitrogen and oxygen atoms in total. The zero-order valence-electron chi connectivity index (χ0n) is 18.3. The van der Waals surface area contributed by atoms with Gasteiger partial charge in [-0.2, -0.15) is 23.8 Å². The minimum atomic E-state index is -4.77. The highest BCUT2D eigenvalue weighted by molar-refractivity contribution is 7.86. The number of hydrogen-bond acceptors (Lipinski definition) is 11. The Labute approximate surface area is 193 Å². The van der Waals surface area contributed by atoms with Crippen LogP contribution in [0, 0.1) is 13.8 Å². The average molecular weight is 488 g/mol. The molecule has 2 aromatic rings. The lowest BCUT2D eigenvalue weighted by Gasteiger charge is -2.15. The molecule has 1 saturated heterocycles. The number of imide groups is 1. The SMILES string of the molecule is COc1cc(N=Nc2cc(C)c(N=NC3C(=O)CC(=O)NC3=O)cc2S(=O)(=O)O)c(C)cc1N. The van der Waals surface area contributed by atoms with Crippen LogP contribution in [0.3, 0.4) is 0 Å². The summed E-state index contributed by atoms with van der Waals surface area (Å²) in [6, 6.07) is 3.86. The van der Waals surface area contributed by atoms with Crippen LogP contribution >= 0.6 is 0 Å². The summed E-state index contributed by atoms with van der Waals surface area (Å²) in [5, 5.41) is 17.4. The number of nitrogen functional groups attached to an aromatic ring is 1. The summed E-state index contributed by atoms with van der Waals surface area (Å²) in [6.45, 7) is 3.27. The first-order chi connectivity index (χ1) is 15.9. The molecule has 2 amide bonds. The van der Waals surface area contributed by atoms with Crippen molar-refractivity contribution >= 4 is 50.5 Å². The molecule has 1 unspecified atom stereocenters. The van der Waals surface area contributed by atoms with Crippen molar-refractivity contribution in [3.05, 3.63) is 35.4 Å². The molecule has 0 aliphatic carbocycles. The Bertz CT molecular complexity index is 1350. The number of nitrogens with zero attached hydrogens (tertiary/aromatic N) is 4. The van der Waals surface area contributed by atoms with Crippen molar-refractivity contribution in [2.24, 2.45) is 20.5 Å². The van der Waals surface area contributed by atoms with E-state index in [4.69, 9.17) is 10.5 Å². The Kier molecular flexibility index (Phi) is 6.83. The lowest BCUT2D eigenvalue weighted by Crippen LogP contribution is -2.48. The smallest absolute Gasteiger partial charge is 0.296 e. The van der Waals surface area contributed by atoms with Crippen LogP contribution in [0.25, 0.3) is 0 Å². The number of piperidine rings is 1. The number of aryl methyl sites for hydroxylation is 2. The van der Waals surface area contributed by atoms with Crippen LogP contribution in [-0.4, -0.2) is 43.7 Å². The molecule has 0 bridgehead atoms. The Hall–Kier alpha value is -4.04. The van der Waals surface area contributed by atoms with E-state index in [9.17, 15) is 27.4 Å². The Morgan fingerprint density at radius 1 is 1.00 bits per heavy atom. The predicted octanol–water partition coefficient (Wildman–Crippen LogP) is 2.62. The van der Waals surface area contributed by atoms with Gasteiger partial charge in [-0.3, -0.25) is 24.3 Å². The molecule has 3 rings (SSSR count). The van der Waals surface area contributed by atoms with Crippen molar-refractivity contribution in [2.45, 2.75) is 31.2 Å². The summed E-state index contributed by atoms with van der Waals surface area (Å²) in [6.07, 6.45) is -0.528. The standard InChI is InChI=1S/C20H20N6O7S/c1-9-4-11(21)16(33-3)6-12(9)23-25-14-5-10(2)13(7-17(14)34(30,31)32)24-26-19-15(27)8-18(28)22-20(19)29/h4-7,19H,8,21H2,1-3H3,(H,22,28,29)(H,30,31,32). The summed E-state index contributed by atoms with van der Waals surface area (Å²) in [5.41, 5.74) is 7.35. The van der Waals surface area contributed by atoms with Gasteiger partial charge in [-0.1, -0.05) is 0 Å². The number of nitrogens with one attached hydrogen (secondary N) is 1. The molecular formula is C20H20N6O7S. The molecule has 0 radical (unpaired) electrons. The molecule has 0 aromatic heterocycles. The molecule has 34 heavy (non-hydrogen) atoms. The van der Waals surface area contributed by atoms with Crippen LogP contribution in [0.5, 0.6) is 5.75 Å². The summed E-state index contributed by atoms with van der Waals surface area (Å²) in [5.74, 6) is -2.07. The van der Waals surface area contributed by atoms with Crippen molar-refractivity contribution in [3.63, 3.8) is 0 Å². The highest BCUT2D eigenvalue weighted by Gasteiger charge is 2.34. The van der Waals surface area contributed by atoms with E-state index in [0.29, 0.717) is 28.3 Å². The summed E-state index contributed by atoms with van der Waals surface area (Å²) < 4.78 is 38.8. The highest BCUT2D eigenvalue weighted by Crippen LogP contribution is 2.36. The fourth-order valence-electron chi connectivity index (χ4n) is 3.03. The van der Waals surface area contributed by atoms with Gasteiger partial charge in [-0.15, -0.1) is 5.11 Å². The second kappa shape index (κ2) is 9.44. The first-order valence-electron chi connectivity index (χ1n) is 9.66. The molecule has 14 heteroatoms. The maximum atomic E-state index is 12.0. The monoisotopic (exact) mass is 488 g/mol. The number of carbonyl (C=O) groups excluding carboxylic acids is 3. The summed E-state index contributed by atoms with van der Waals surface area (Å²) in [4.78, 5) is 34.3. The fourth-order valence-corrected chi connectivity index (χ4v) is 3.66. The van der Waals surface area contributed by atoms with Crippen molar-refractivity contribution in [2.75, 3.05) is 12.8 Å². The molecule has 1 heterocycles. The number of ether oxygens (including phenoxy) is 1. The number of Topliss-reactive ketones (excluding diaryl/α,β-unsaturated/α-hetero) is 1. The first kappa shape index (κ1) is 24.6. The van der Waals surface area contributed by atoms with E-state index < -0.39 is 45.1 Å². The molecule has 1 aliphatic heterocycles. The summed E-state index contributed by atoms with van der Waals surface area (Å²) in [7, 11) is -3.34. The van der Waals surface area contributed by atoms with Crippen LogP contribution in [0.15, 0.2) is 49.6 Å². The molecule has 0 spiro atoms. The fraction of sp³-hybridized carbons (Fsp3) is 0.250. The van der Waals surface area contributed by atoms with Crippen LogP contribution in [0.1, 0.15) is 17.5 Å². The third kappa shape index (κ3) is 5.29. The van der Waals surface area contributed by atoms with E-state index in [1.165, 1.54) is 19.2 Å². The van der Waals surface area contributed by atoms with Gasteiger partial charge in [-0.25, -0.2) is 0 Å². The number of benzene rings is 2. The maximum absolute atomic E-state index is 12.0. The first-order valence-corrected chi connectivity index (χ1v) is 11.1. The van der Waals surface area contributed by atoms with Crippen molar-refractivity contribution in [3.8, 4) is 5.75 Å². The third-order valence-corrected chi connectivity index (χ3v) is 5.68. The highest BCUT2D eigenvalue weighted by atomic mass is 32.2. The van der Waals surface area contributed by atoms with E-state index >= 15 is 0 Å². The number of rotatable bonds is 6. The topological polar surface area (TPSA) is 202 Å². The van der Waals surface area contributed by atoms with Gasteiger partial charge in [0.2, 0.25) is 11.9 Å². The molecule has 1 fully saturated rings. The normalized spacial score (nSPS) is 16.9. The van der Waals surface area contributed by atoms with E-state index in [2.05, 4.69) is 20.5 Å². The van der Waals surface area contributed by atoms with Gasteiger partial charge in [0.05, 0.1) is 30.6 Å². The van der Waals surface area contributed by atoms with Crippen LogP contribution in [0.2, 0.25) is 0 Å². The van der Waals surface area contributed by atoms with Gasteiger partial charge >= 0.3 is 0 Å². The lowest BCUT2D eigenvalue weighted by molar-refractivity contribution is -0.140. The number of nitrogens with two attached hydrogens (primary N) is 1. The van der Waals surface area contributed by atoms with Gasteiger partial charge in [0, 0.05) is 6.07 Å². The zero-order chi connectivity index (χ0) is 25.2. The van der Waals surface area contributed by atoms with Crippen molar-refractivity contribution in [1.29, 1.82) is 0 Å². The van der Waals surface area contributed by atoms with E-state index in [1.807, 2.05) is 5.32 Å². The quantitative estimate of drug-likeness (QED) is 0.181. The van der Waals surface area contributed by atoms with Gasteiger partial charge < -0.3 is 10.5 Å². The Balaban J connectivity index is 2.01.